The number of aryl methyl sites for hydroxylation is 1. The third-order valence-electron chi connectivity index (χ3n) is 4.00. The number of aromatic nitrogens is 2. The van der Waals surface area contributed by atoms with E-state index < -0.39 is 0 Å². The summed E-state index contributed by atoms with van der Waals surface area (Å²) in [4.78, 5) is 18.3. The van der Waals surface area contributed by atoms with Gasteiger partial charge in [-0.2, -0.15) is 0 Å². The third kappa shape index (κ3) is 3.09. The highest BCUT2D eigenvalue weighted by molar-refractivity contribution is 7.09. The van der Waals surface area contributed by atoms with Crippen LogP contribution in [0.15, 0.2) is 52.4 Å². The molecule has 3 aromatic heterocycles. The minimum Gasteiger partial charge on any atom is -0.347 e. The Morgan fingerprint density at radius 3 is 2.81 bits per heavy atom. The van der Waals surface area contributed by atoms with E-state index in [-0.39, 0.29) is 17.4 Å². The molecule has 5 nitrogen and oxygen atoms in total. The normalized spacial score (nSPS) is 11.0. The number of hydrogen-bond acceptors (Lipinski definition) is 5. The molecule has 0 saturated heterocycles. The highest BCUT2D eigenvalue weighted by Gasteiger charge is 2.19. The molecule has 1 N–H and O–H groups in total. The summed E-state index contributed by atoms with van der Waals surface area (Å²) in [5.41, 5.74) is 2.53. The number of amides is 1. The van der Waals surface area contributed by atoms with E-state index in [1.807, 2.05) is 17.5 Å². The Bertz CT molecular complexity index is 1070. The number of nitrogens with zero attached hydrogens (tertiary/aromatic N) is 2. The molecule has 0 fully saturated rings. The summed E-state index contributed by atoms with van der Waals surface area (Å²) in [6.07, 6.45) is 0. The van der Waals surface area contributed by atoms with E-state index in [0.29, 0.717) is 34.4 Å². The van der Waals surface area contributed by atoms with Crippen LogP contribution in [0, 0.1) is 12.7 Å². The quantitative estimate of drug-likeness (QED) is 0.583. The Morgan fingerprint density at radius 2 is 2.08 bits per heavy atom. The number of fused-ring (bicyclic) bond motifs is 1. The van der Waals surface area contributed by atoms with Gasteiger partial charge in [0.2, 0.25) is 0 Å². The molecule has 7 heteroatoms. The van der Waals surface area contributed by atoms with Crippen LogP contribution < -0.4 is 5.32 Å². The lowest BCUT2D eigenvalue weighted by Crippen LogP contribution is -2.22. The van der Waals surface area contributed by atoms with Crippen LogP contribution in [-0.2, 0) is 6.54 Å². The second kappa shape index (κ2) is 6.68. The Morgan fingerprint density at radius 1 is 1.27 bits per heavy atom. The summed E-state index contributed by atoms with van der Waals surface area (Å²) in [6, 6.07) is 11.5. The molecule has 0 spiro atoms. The number of benzene rings is 1. The molecule has 0 radical (unpaired) electrons. The van der Waals surface area contributed by atoms with Crippen molar-refractivity contribution >= 4 is 28.3 Å². The molecule has 1 amide bonds. The molecule has 1 aromatic carbocycles. The Labute approximate surface area is 152 Å². The van der Waals surface area contributed by atoms with Gasteiger partial charge in [0.25, 0.3) is 11.6 Å². The lowest BCUT2D eigenvalue weighted by molar-refractivity contribution is 0.0953. The van der Waals surface area contributed by atoms with Gasteiger partial charge in [-0.1, -0.05) is 11.2 Å². The number of rotatable bonds is 4. The number of halogens is 1. The highest BCUT2D eigenvalue weighted by atomic mass is 32.1. The molecule has 26 heavy (non-hydrogen) atoms. The average molecular weight is 367 g/mol. The Kier molecular flexibility index (Phi) is 4.22. The number of nitrogens with one attached hydrogen (secondary N) is 1. The van der Waals surface area contributed by atoms with E-state index in [1.165, 1.54) is 12.1 Å². The summed E-state index contributed by atoms with van der Waals surface area (Å²) in [6.45, 7) is 2.21. The van der Waals surface area contributed by atoms with Crippen molar-refractivity contribution in [1.29, 1.82) is 0 Å². The van der Waals surface area contributed by atoms with Crippen molar-refractivity contribution in [2.75, 3.05) is 0 Å². The van der Waals surface area contributed by atoms with Crippen molar-refractivity contribution in [3.8, 4) is 11.3 Å². The number of thiophene rings is 1. The summed E-state index contributed by atoms with van der Waals surface area (Å²) < 4.78 is 18.5. The van der Waals surface area contributed by atoms with E-state index >= 15 is 0 Å². The van der Waals surface area contributed by atoms with Crippen molar-refractivity contribution in [3.05, 3.63) is 69.8 Å². The maximum atomic E-state index is 13.2. The molecule has 0 aliphatic heterocycles. The van der Waals surface area contributed by atoms with Crippen molar-refractivity contribution in [1.82, 2.24) is 15.5 Å². The van der Waals surface area contributed by atoms with Gasteiger partial charge in [0, 0.05) is 10.4 Å². The first-order chi connectivity index (χ1) is 12.6. The maximum absolute atomic E-state index is 13.2. The molecule has 0 unspecified atom stereocenters. The first-order valence-corrected chi connectivity index (χ1v) is 8.83. The fourth-order valence-electron chi connectivity index (χ4n) is 2.72. The summed E-state index contributed by atoms with van der Waals surface area (Å²) in [5, 5.41) is 9.38. The predicted molar refractivity (Wildman–Crippen MR) is 97.4 cm³/mol. The van der Waals surface area contributed by atoms with Crippen LogP contribution in [0.1, 0.15) is 20.9 Å². The van der Waals surface area contributed by atoms with Crippen molar-refractivity contribution in [2.24, 2.45) is 0 Å². The van der Waals surface area contributed by atoms with Gasteiger partial charge in [0.1, 0.15) is 5.82 Å². The van der Waals surface area contributed by atoms with Crippen molar-refractivity contribution in [2.45, 2.75) is 13.5 Å². The molecule has 0 atom stereocenters. The van der Waals surface area contributed by atoms with E-state index in [0.717, 1.165) is 4.88 Å². The van der Waals surface area contributed by atoms with Crippen LogP contribution in [0.2, 0.25) is 0 Å². The maximum Gasteiger partial charge on any atom is 0.259 e. The molecular weight excluding hydrogens is 353 g/mol. The van der Waals surface area contributed by atoms with Gasteiger partial charge in [-0.15, -0.1) is 11.3 Å². The molecule has 4 aromatic rings. The zero-order valence-corrected chi connectivity index (χ0v) is 14.6. The minimum absolute atomic E-state index is 0.236. The largest absolute Gasteiger partial charge is 0.347 e. The monoisotopic (exact) mass is 367 g/mol. The van der Waals surface area contributed by atoms with Gasteiger partial charge < -0.3 is 9.84 Å². The number of pyridine rings is 1. The van der Waals surface area contributed by atoms with Crippen LogP contribution in [-0.4, -0.2) is 16.0 Å². The second-order valence-corrected chi connectivity index (χ2v) is 6.80. The van der Waals surface area contributed by atoms with Gasteiger partial charge in [-0.25, -0.2) is 9.37 Å². The van der Waals surface area contributed by atoms with Crippen LogP contribution in [0.25, 0.3) is 22.4 Å². The zero-order chi connectivity index (χ0) is 18.1. The van der Waals surface area contributed by atoms with E-state index in [1.54, 1.807) is 36.5 Å². The zero-order valence-electron chi connectivity index (χ0n) is 13.8. The molecule has 0 aliphatic rings. The molecule has 0 saturated carbocycles. The van der Waals surface area contributed by atoms with Crippen LogP contribution >= 0.6 is 11.3 Å². The predicted octanol–water partition coefficient (Wildman–Crippen LogP) is 4.33. The molecule has 0 aliphatic carbocycles. The lowest BCUT2D eigenvalue weighted by Gasteiger charge is -2.08. The molecule has 0 bridgehead atoms. The van der Waals surface area contributed by atoms with E-state index in [4.69, 9.17) is 4.52 Å². The molecule has 3 heterocycles. The second-order valence-electron chi connectivity index (χ2n) is 5.77. The van der Waals surface area contributed by atoms with Gasteiger partial charge in [0.05, 0.1) is 28.9 Å². The van der Waals surface area contributed by atoms with Gasteiger partial charge in [0.15, 0.2) is 0 Å². The number of carbonyl (C=O) groups is 1. The van der Waals surface area contributed by atoms with E-state index in [9.17, 15) is 9.18 Å². The Balaban J connectivity index is 1.75. The van der Waals surface area contributed by atoms with Crippen molar-refractivity contribution in [3.63, 3.8) is 0 Å². The SMILES string of the molecule is Cc1noc2nc(-c3ccc(F)cc3)cc(C(=O)NCc3cccs3)c12. The standard InChI is InChI=1S/C19H14FN3O2S/c1-11-17-15(18(24)21-10-14-3-2-8-26-14)9-16(22-19(17)25-23-11)12-4-6-13(20)7-5-12/h2-9H,10H2,1H3,(H,21,24). The van der Waals surface area contributed by atoms with Gasteiger partial charge in [-0.05, 0) is 48.7 Å². The van der Waals surface area contributed by atoms with Crippen LogP contribution in [0.5, 0.6) is 0 Å². The first kappa shape index (κ1) is 16.4. The lowest BCUT2D eigenvalue weighted by atomic mass is 10.1. The van der Waals surface area contributed by atoms with Gasteiger partial charge in [-0.3, -0.25) is 4.79 Å². The first-order valence-electron chi connectivity index (χ1n) is 7.95. The molecular formula is C19H14FN3O2S. The van der Waals surface area contributed by atoms with E-state index in [2.05, 4.69) is 15.5 Å². The number of carbonyl (C=O) groups excluding carboxylic acids is 1. The topological polar surface area (TPSA) is 68.0 Å². The highest BCUT2D eigenvalue weighted by Crippen LogP contribution is 2.27. The summed E-state index contributed by atoms with van der Waals surface area (Å²) in [5.74, 6) is -0.570. The Hall–Kier alpha value is -3.06. The molecule has 130 valence electrons. The smallest absolute Gasteiger partial charge is 0.259 e. The van der Waals surface area contributed by atoms with Crippen LogP contribution in [0.3, 0.4) is 0 Å². The van der Waals surface area contributed by atoms with Crippen LogP contribution in [0.4, 0.5) is 4.39 Å². The third-order valence-corrected chi connectivity index (χ3v) is 4.88. The van der Waals surface area contributed by atoms with Crippen molar-refractivity contribution < 1.29 is 13.7 Å². The summed E-state index contributed by atoms with van der Waals surface area (Å²) >= 11 is 1.58. The minimum atomic E-state index is -0.334. The fraction of sp³-hybridized carbons (Fsp3) is 0.105. The fourth-order valence-corrected chi connectivity index (χ4v) is 3.36. The average Bonchev–Trinajstić information content (AvgIpc) is 3.30. The summed E-state index contributed by atoms with van der Waals surface area (Å²) in [7, 11) is 0. The van der Waals surface area contributed by atoms with Gasteiger partial charge >= 0.3 is 0 Å². The number of hydrogen-bond donors (Lipinski definition) is 1. The molecule has 4 rings (SSSR count).